The highest BCUT2D eigenvalue weighted by atomic mass is 16.1. The van der Waals surface area contributed by atoms with Gasteiger partial charge in [-0.2, -0.15) is 5.10 Å². The molecule has 0 spiro atoms. The minimum absolute atomic E-state index is 0.146. The molecule has 0 bridgehead atoms. The van der Waals surface area contributed by atoms with Crippen molar-refractivity contribution in [2.75, 3.05) is 5.32 Å². The Hall–Kier alpha value is -2.63. The Labute approximate surface area is 102 Å². The first-order valence-corrected chi connectivity index (χ1v) is 5.54. The highest BCUT2D eigenvalue weighted by Gasteiger charge is 2.02. The van der Waals surface area contributed by atoms with Gasteiger partial charge in [0.1, 0.15) is 0 Å². The molecular weight excluding hydrogens is 230 g/mol. The number of H-pyrrole nitrogens is 2. The fourth-order valence-electron chi connectivity index (χ4n) is 1.73. The summed E-state index contributed by atoms with van der Waals surface area (Å²) in [5.41, 5.74) is 1.45. The fourth-order valence-corrected chi connectivity index (χ4v) is 1.73. The second kappa shape index (κ2) is 4.33. The van der Waals surface area contributed by atoms with Gasteiger partial charge < -0.3 is 5.32 Å². The van der Waals surface area contributed by atoms with Crippen LogP contribution in [0.2, 0.25) is 0 Å². The summed E-state index contributed by atoms with van der Waals surface area (Å²) in [6.45, 7) is 0.529. The number of benzene rings is 1. The van der Waals surface area contributed by atoms with E-state index in [1.54, 1.807) is 12.3 Å². The monoisotopic (exact) mass is 241 g/mol. The van der Waals surface area contributed by atoms with Crippen LogP contribution in [-0.2, 0) is 6.54 Å². The molecule has 18 heavy (non-hydrogen) atoms. The zero-order chi connectivity index (χ0) is 12.4. The molecule has 0 amide bonds. The highest BCUT2D eigenvalue weighted by Crippen LogP contribution is 2.08. The average molecular weight is 241 g/mol. The second-order valence-corrected chi connectivity index (χ2v) is 3.87. The van der Waals surface area contributed by atoms with Crippen LogP contribution in [0.5, 0.6) is 0 Å². The van der Waals surface area contributed by atoms with Gasteiger partial charge in [-0.3, -0.25) is 14.9 Å². The Morgan fingerprint density at radius 1 is 1.22 bits per heavy atom. The Morgan fingerprint density at radius 3 is 2.94 bits per heavy atom. The van der Waals surface area contributed by atoms with Gasteiger partial charge in [-0.25, -0.2) is 4.98 Å². The van der Waals surface area contributed by atoms with Crippen molar-refractivity contribution >= 4 is 16.9 Å². The summed E-state index contributed by atoms with van der Waals surface area (Å²) in [6, 6.07) is 9.09. The quantitative estimate of drug-likeness (QED) is 0.644. The molecule has 3 rings (SSSR count). The van der Waals surface area contributed by atoms with Gasteiger partial charge in [0.25, 0.3) is 5.56 Å². The van der Waals surface area contributed by atoms with Crippen LogP contribution in [0.4, 0.5) is 5.95 Å². The van der Waals surface area contributed by atoms with Crippen molar-refractivity contribution < 1.29 is 0 Å². The van der Waals surface area contributed by atoms with Gasteiger partial charge in [-0.05, 0) is 18.2 Å². The standard InChI is InChI=1S/C12H11N5O/c18-11-9-3-1-2-4-10(9)15-12(16-11)13-7-8-5-6-14-17-8/h1-6H,7H2,(H,14,17)(H2,13,15,16,18). The lowest BCUT2D eigenvalue weighted by atomic mass is 10.2. The minimum atomic E-state index is -0.146. The van der Waals surface area contributed by atoms with E-state index < -0.39 is 0 Å². The first kappa shape index (κ1) is 10.5. The van der Waals surface area contributed by atoms with Crippen LogP contribution in [0, 0.1) is 0 Å². The fraction of sp³-hybridized carbons (Fsp3) is 0.0833. The summed E-state index contributed by atoms with van der Waals surface area (Å²) in [4.78, 5) is 18.8. The predicted octanol–water partition coefficient (Wildman–Crippen LogP) is 1.26. The Bertz CT molecular complexity index is 717. The van der Waals surface area contributed by atoms with E-state index in [0.29, 0.717) is 23.4 Å². The van der Waals surface area contributed by atoms with Crippen molar-refractivity contribution in [1.82, 2.24) is 20.2 Å². The molecule has 6 heteroatoms. The van der Waals surface area contributed by atoms with Gasteiger partial charge in [0.15, 0.2) is 0 Å². The van der Waals surface area contributed by atoms with Gasteiger partial charge in [0.2, 0.25) is 5.95 Å². The van der Waals surface area contributed by atoms with Crippen LogP contribution in [0.3, 0.4) is 0 Å². The van der Waals surface area contributed by atoms with E-state index in [2.05, 4.69) is 25.5 Å². The molecule has 2 aromatic heterocycles. The van der Waals surface area contributed by atoms with Crippen LogP contribution in [-0.4, -0.2) is 20.2 Å². The van der Waals surface area contributed by atoms with E-state index in [1.165, 1.54) is 0 Å². The van der Waals surface area contributed by atoms with E-state index in [1.807, 2.05) is 24.3 Å². The number of para-hydroxylation sites is 1. The van der Waals surface area contributed by atoms with E-state index >= 15 is 0 Å². The molecule has 0 fully saturated rings. The van der Waals surface area contributed by atoms with Gasteiger partial charge in [0, 0.05) is 6.20 Å². The zero-order valence-electron chi connectivity index (χ0n) is 9.47. The predicted molar refractivity (Wildman–Crippen MR) is 68.3 cm³/mol. The second-order valence-electron chi connectivity index (χ2n) is 3.87. The van der Waals surface area contributed by atoms with Gasteiger partial charge in [-0.1, -0.05) is 12.1 Å². The third-order valence-electron chi connectivity index (χ3n) is 2.62. The van der Waals surface area contributed by atoms with Crippen LogP contribution >= 0.6 is 0 Å². The Balaban J connectivity index is 1.91. The number of hydrogen-bond acceptors (Lipinski definition) is 4. The van der Waals surface area contributed by atoms with Gasteiger partial charge >= 0.3 is 0 Å². The van der Waals surface area contributed by atoms with Crippen LogP contribution in [0.25, 0.3) is 10.9 Å². The van der Waals surface area contributed by atoms with Crippen molar-refractivity contribution in [2.45, 2.75) is 6.54 Å². The van der Waals surface area contributed by atoms with Crippen LogP contribution < -0.4 is 10.9 Å². The Kier molecular flexibility index (Phi) is 2.53. The van der Waals surface area contributed by atoms with Crippen LogP contribution in [0.1, 0.15) is 5.69 Å². The number of anilines is 1. The van der Waals surface area contributed by atoms with Crippen LogP contribution in [0.15, 0.2) is 41.3 Å². The van der Waals surface area contributed by atoms with E-state index in [9.17, 15) is 4.79 Å². The molecule has 6 nitrogen and oxygen atoms in total. The normalized spacial score (nSPS) is 10.7. The maximum atomic E-state index is 11.8. The van der Waals surface area contributed by atoms with Crippen molar-refractivity contribution in [2.24, 2.45) is 0 Å². The lowest BCUT2D eigenvalue weighted by Crippen LogP contribution is -2.13. The lowest BCUT2D eigenvalue weighted by molar-refractivity contribution is 0.962. The van der Waals surface area contributed by atoms with E-state index in [-0.39, 0.29) is 5.56 Å². The molecule has 0 aliphatic heterocycles. The summed E-state index contributed by atoms with van der Waals surface area (Å²) in [5, 5.41) is 10.3. The smallest absolute Gasteiger partial charge is 0.260 e. The summed E-state index contributed by atoms with van der Waals surface area (Å²) in [5.74, 6) is 0.452. The molecule has 0 saturated carbocycles. The minimum Gasteiger partial charge on any atom is -0.350 e. The number of rotatable bonds is 3. The van der Waals surface area contributed by atoms with Gasteiger partial charge in [-0.15, -0.1) is 0 Å². The van der Waals surface area contributed by atoms with E-state index in [4.69, 9.17) is 0 Å². The number of aromatic amines is 2. The number of nitrogens with zero attached hydrogens (tertiary/aromatic N) is 2. The number of fused-ring (bicyclic) bond motifs is 1. The maximum Gasteiger partial charge on any atom is 0.260 e. The van der Waals surface area contributed by atoms with Crippen molar-refractivity contribution in [3.05, 3.63) is 52.6 Å². The average Bonchev–Trinajstić information content (AvgIpc) is 2.90. The first-order chi connectivity index (χ1) is 8.83. The number of nitrogens with one attached hydrogen (secondary N) is 3. The van der Waals surface area contributed by atoms with Crippen molar-refractivity contribution in [3.8, 4) is 0 Å². The van der Waals surface area contributed by atoms with Crippen molar-refractivity contribution in [3.63, 3.8) is 0 Å². The Morgan fingerprint density at radius 2 is 2.11 bits per heavy atom. The lowest BCUT2D eigenvalue weighted by Gasteiger charge is -2.04. The maximum absolute atomic E-state index is 11.8. The SMILES string of the molecule is O=c1[nH]c(NCc2ccn[nH]2)nc2ccccc12. The van der Waals surface area contributed by atoms with E-state index in [0.717, 1.165) is 5.69 Å². The van der Waals surface area contributed by atoms with Gasteiger partial charge in [0.05, 0.1) is 23.1 Å². The van der Waals surface area contributed by atoms with Crippen molar-refractivity contribution in [1.29, 1.82) is 0 Å². The summed E-state index contributed by atoms with van der Waals surface area (Å²) in [6.07, 6.45) is 1.67. The third kappa shape index (κ3) is 1.95. The molecular formula is C12H11N5O. The number of aromatic nitrogens is 4. The molecule has 1 aromatic carbocycles. The molecule has 0 atom stereocenters. The molecule has 0 aliphatic carbocycles. The summed E-state index contributed by atoms with van der Waals surface area (Å²) in [7, 11) is 0. The molecule has 2 heterocycles. The topological polar surface area (TPSA) is 86.5 Å². The molecule has 0 aliphatic rings. The summed E-state index contributed by atoms with van der Waals surface area (Å²) >= 11 is 0. The first-order valence-electron chi connectivity index (χ1n) is 5.54. The summed E-state index contributed by atoms with van der Waals surface area (Å²) < 4.78 is 0. The highest BCUT2D eigenvalue weighted by molar-refractivity contribution is 5.78. The largest absolute Gasteiger partial charge is 0.350 e. The third-order valence-corrected chi connectivity index (χ3v) is 2.62. The molecule has 0 radical (unpaired) electrons. The molecule has 3 N–H and O–H groups in total. The molecule has 3 aromatic rings. The molecule has 0 unspecified atom stereocenters. The number of hydrogen-bond donors (Lipinski definition) is 3. The zero-order valence-corrected chi connectivity index (χ0v) is 9.47. The molecule has 90 valence electrons. The molecule has 0 saturated heterocycles.